The third-order valence-electron chi connectivity index (χ3n) is 3.80. The highest BCUT2D eigenvalue weighted by Gasteiger charge is 2.25. The third kappa shape index (κ3) is 3.05. The number of anilines is 1. The third-order valence-corrected chi connectivity index (χ3v) is 4.03. The largest absolute Gasteiger partial charge is 0.482 e. The van der Waals surface area contributed by atoms with Crippen LogP contribution in [0, 0.1) is 0 Å². The van der Waals surface area contributed by atoms with Crippen molar-refractivity contribution in [3.63, 3.8) is 0 Å². The Balaban J connectivity index is 1.91. The minimum absolute atomic E-state index is 0.00790. The molecule has 1 amide bonds. The highest BCUT2D eigenvalue weighted by Crippen LogP contribution is 2.33. The number of ether oxygens (including phenoxy) is 1. The predicted octanol–water partition coefficient (Wildman–Crippen LogP) is 2.13. The molecule has 0 spiro atoms. The van der Waals surface area contributed by atoms with Crippen molar-refractivity contribution in [2.45, 2.75) is 13.5 Å². The molecule has 0 fully saturated rings. The van der Waals surface area contributed by atoms with Crippen molar-refractivity contribution in [3.8, 4) is 5.75 Å². The molecule has 0 saturated carbocycles. The van der Waals surface area contributed by atoms with Crippen molar-refractivity contribution in [2.24, 2.45) is 0 Å². The van der Waals surface area contributed by atoms with Gasteiger partial charge in [0.25, 0.3) is 11.5 Å². The van der Waals surface area contributed by atoms with Crippen LogP contribution in [0.15, 0.2) is 41.3 Å². The summed E-state index contributed by atoms with van der Waals surface area (Å²) in [5, 5.41) is 0.379. The minimum atomic E-state index is -0.306. The Labute approximate surface area is 143 Å². The lowest BCUT2D eigenvalue weighted by Crippen LogP contribution is -2.38. The number of amides is 1. The minimum Gasteiger partial charge on any atom is -0.482 e. The Morgan fingerprint density at radius 3 is 2.79 bits per heavy atom. The molecule has 24 heavy (non-hydrogen) atoms. The van der Waals surface area contributed by atoms with Crippen LogP contribution in [0.1, 0.15) is 17.3 Å². The molecule has 2 heterocycles. The summed E-state index contributed by atoms with van der Waals surface area (Å²) in [7, 11) is 0. The van der Waals surface area contributed by atoms with Gasteiger partial charge in [-0.15, -0.1) is 0 Å². The standard InChI is InChI=1S/C17H15ClN2O4/c1-2-20-13-7-11(3-5-15(13)24-10-17(20)23)14(21)9-19-8-12(18)4-6-16(19)22/h3-8H,2,9-10H2,1H3. The monoisotopic (exact) mass is 346 g/mol. The van der Waals surface area contributed by atoms with E-state index in [0.29, 0.717) is 28.6 Å². The maximum absolute atomic E-state index is 12.5. The molecule has 0 aliphatic carbocycles. The summed E-state index contributed by atoms with van der Waals surface area (Å²) < 4.78 is 6.63. The average molecular weight is 347 g/mol. The van der Waals surface area contributed by atoms with E-state index >= 15 is 0 Å². The first-order valence-electron chi connectivity index (χ1n) is 7.46. The number of halogens is 1. The second-order valence-electron chi connectivity index (χ2n) is 5.35. The number of rotatable bonds is 4. The molecule has 0 saturated heterocycles. The summed E-state index contributed by atoms with van der Waals surface area (Å²) in [5.41, 5.74) is 0.662. The van der Waals surface area contributed by atoms with Gasteiger partial charge in [-0.25, -0.2) is 0 Å². The molecule has 0 bridgehead atoms. The number of benzene rings is 1. The summed E-state index contributed by atoms with van der Waals surface area (Å²) in [6, 6.07) is 7.70. The second kappa shape index (κ2) is 6.49. The van der Waals surface area contributed by atoms with Crippen molar-refractivity contribution < 1.29 is 14.3 Å². The van der Waals surface area contributed by atoms with E-state index in [1.54, 1.807) is 23.1 Å². The van der Waals surface area contributed by atoms with Gasteiger partial charge in [0.15, 0.2) is 12.4 Å². The van der Waals surface area contributed by atoms with E-state index in [4.69, 9.17) is 16.3 Å². The van der Waals surface area contributed by atoms with Gasteiger partial charge in [-0.05, 0) is 31.2 Å². The molecular formula is C17H15ClN2O4. The van der Waals surface area contributed by atoms with Gasteiger partial charge in [0.05, 0.1) is 17.3 Å². The molecule has 6 nitrogen and oxygen atoms in total. The van der Waals surface area contributed by atoms with E-state index in [1.165, 1.54) is 22.9 Å². The number of aromatic nitrogens is 1. The lowest BCUT2D eigenvalue weighted by Gasteiger charge is -2.28. The van der Waals surface area contributed by atoms with Crippen molar-refractivity contribution in [1.29, 1.82) is 0 Å². The first-order valence-corrected chi connectivity index (χ1v) is 7.84. The van der Waals surface area contributed by atoms with Gasteiger partial charge in [0, 0.05) is 24.4 Å². The summed E-state index contributed by atoms with van der Waals surface area (Å²) in [5.74, 6) is 0.157. The smallest absolute Gasteiger partial charge is 0.265 e. The summed E-state index contributed by atoms with van der Waals surface area (Å²) >= 11 is 5.86. The molecule has 1 aromatic heterocycles. The number of Topliss-reactive ketones (excluding diaryl/α,β-unsaturated/α-hetero) is 1. The normalized spacial score (nSPS) is 13.4. The molecule has 7 heteroatoms. The van der Waals surface area contributed by atoms with Gasteiger partial charge in [0.2, 0.25) is 0 Å². The summed E-state index contributed by atoms with van der Waals surface area (Å²) in [6.07, 6.45) is 1.42. The molecule has 0 N–H and O–H groups in total. The van der Waals surface area contributed by atoms with Crippen LogP contribution in [0.5, 0.6) is 5.75 Å². The molecule has 1 aliphatic rings. The fourth-order valence-electron chi connectivity index (χ4n) is 2.59. The lowest BCUT2D eigenvalue weighted by molar-refractivity contribution is -0.121. The molecule has 0 atom stereocenters. The topological polar surface area (TPSA) is 68.6 Å². The first kappa shape index (κ1) is 16.3. The summed E-state index contributed by atoms with van der Waals surface area (Å²) in [6.45, 7) is 2.21. The lowest BCUT2D eigenvalue weighted by atomic mass is 10.1. The molecule has 0 unspecified atom stereocenters. The second-order valence-corrected chi connectivity index (χ2v) is 5.78. The number of likely N-dealkylation sites (N-methyl/N-ethyl adjacent to an activating group) is 1. The van der Waals surface area contributed by atoms with Crippen LogP contribution in [-0.2, 0) is 11.3 Å². The van der Waals surface area contributed by atoms with E-state index in [-0.39, 0.29) is 30.4 Å². The maximum Gasteiger partial charge on any atom is 0.265 e. The molecular weight excluding hydrogens is 332 g/mol. The molecule has 124 valence electrons. The molecule has 0 radical (unpaired) electrons. The molecule has 2 aromatic rings. The summed E-state index contributed by atoms with van der Waals surface area (Å²) in [4.78, 5) is 37.8. The Morgan fingerprint density at radius 1 is 1.25 bits per heavy atom. The molecule has 3 rings (SSSR count). The Bertz CT molecular complexity index is 875. The van der Waals surface area contributed by atoms with Crippen LogP contribution in [0.25, 0.3) is 0 Å². The molecule has 1 aliphatic heterocycles. The number of carbonyl (C=O) groups is 2. The van der Waals surface area contributed by atoms with Gasteiger partial charge in [-0.3, -0.25) is 14.4 Å². The van der Waals surface area contributed by atoms with Crippen molar-refractivity contribution in [2.75, 3.05) is 18.1 Å². The fraction of sp³-hybridized carbons (Fsp3) is 0.235. The van der Waals surface area contributed by atoms with Crippen LogP contribution < -0.4 is 15.2 Å². The van der Waals surface area contributed by atoms with Crippen LogP contribution in [0.2, 0.25) is 5.02 Å². The van der Waals surface area contributed by atoms with Gasteiger partial charge in [0.1, 0.15) is 5.75 Å². The van der Waals surface area contributed by atoms with E-state index in [2.05, 4.69) is 0 Å². The highest BCUT2D eigenvalue weighted by molar-refractivity contribution is 6.30. The fourth-order valence-corrected chi connectivity index (χ4v) is 2.77. The number of pyridine rings is 1. The van der Waals surface area contributed by atoms with Crippen molar-refractivity contribution in [1.82, 2.24) is 4.57 Å². The Kier molecular flexibility index (Phi) is 4.40. The highest BCUT2D eigenvalue weighted by atomic mass is 35.5. The van der Waals surface area contributed by atoms with Gasteiger partial charge in [-0.1, -0.05) is 11.6 Å². The zero-order chi connectivity index (χ0) is 17.3. The zero-order valence-electron chi connectivity index (χ0n) is 13.0. The Hall–Kier alpha value is -2.60. The van der Waals surface area contributed by atoms with E-state index in [9.17, 15) is 14.4 Å². The number of carbonyl (C=O) groups excluding carboxylic acids is 2. The number of ketones is 1. The molecule has 1 aromatic carbocycles. The zero-order valence-corrected chi connectivity index (χ0v) is 13.7. The van der Waals surface area contributed by atoms with E-state index < -0.39 is 0 Å². The van der Waals surface area contributed by atoms with Gasteiger partial charge >= 0.3 is 0 Å². The Morgan fingerprint density at radius 2 is 2.04 bits per heavy atom. The number of hydrogen-bond acceptors (Lipinski definition) is 4. The van der Waals surface area contributed by atoms with E-state index in [0.717, 1.165) is 0 Å². The maximum atomic E-state index is 12.5. The van der Waals surface area contributed by atoms with Crippen LogP contribution in [0.3, 0.4) is 0 Å². The van der Waals surface area contributed by atoms with Crippen LogP contribution in [0.4, 0.5) is 5.69 Å². The van der Waals surface area contributed by atoms with E-state index in [1.807, 2.05) is 6.92 Å². The van der Waals surface area contributed by atoms with Crippen molar-refractivity contribution >= 4 is 29.0 Å². The van der Waals surface area contributed by atoms with Crippen LogP contribution in [-0.4, -0.2) is 29.4 Å². The predicted molar refractivity (Wildman–Crippen MR) is 90.0 cm³/mol. The quantitative estimate of drug-likeness (QED) is 0.795. The number of hydrogen-bond donors (Lipinski definition) is 0. The number of fused-ring (bicyclic) bond motifs is 1. The first-order chi connectivity index (χ1) is 11.5. The number of nitrogens with zero attached hydrogens (tertiary/aromatic N) is 2. The van der Waals surface area contributed by atoms with Gasteiger partial charge in [-0.2, -0.15) is 0 Å². The van der Waals surface area contributed by atoms with Crippen molar-refractivity contribution in [3.05, 3.63) is 57.5 Å². The van der Waals surface area contributed by atoms with Gasteiger partial charge < -0.3 is 14.2 Å². The van der Waals surface area contributed by atoms with Crippen LogP contribution >= 0.6 is 11.6 Å². The SMILES string of the molecule is CCN1C(=O)COc2ccc(C(=O)Cn3cc(Cl)ccc3=O)cc21. The average Bonchev–Trinajstić information content (AvgIpc) is 2.57.